The average molecular weight is 348 g/mol. The Morgan fingerprint density at radius 1 is 1.04 bits per heavy atom. The highest BCUT2D eigenvalue weighted by Gasteiger charge is 2.13. The first kappa shape index (κ1) is 17.5. The SMILES string of the molecule is Cc1ccc(C)c(COn2cccc(C(=O)Nc3ccccc3)c2=O)c1. The third-order valence-electron chi connectivity index (χ3n) is 4.05. The van der Waals surface area contributed by atoms with Gasteiger partial charge in [0.05, 0.1) is 0 Å². The third-order valence-corrected chi connectivity index (χ3v) is 4.05. The van der Waals surface area contributed by atoms with Crippen LogP contribution in [0.4, 0.5) is 5.69 Å². The molecule has 0 unspecified atom stereocenters. The Morgan fingerprint density at radius 2 is 1.81 bits per heavy atom. The maximum absolute atomic E-state index is 12.6. The number of nitrogens with zero attached hydrogens (tertiary/aromatic N) is 1. The van der Waals surface area contributed by atoms with Crippen LogP contribution in [-0.4, -0.2) is 10.6 Å². The Labute approximate surface area is 151 Å². The Morgan fingerprint density at radius 3 is 2.58 bits per heavy atom. The molecule has 0 fully saturated rings. The summed E-state index contributed by atoms with van der Waals surface area (Å²) in [5, 5.41) is 2.71. The Bertz CT molecular complexity index is 978. The van der Waals surface area contributed by atoms with Gasteiger partial charge in [-0.1, -0.05) is 42.0 Å². The second kappa shape index (κ2) is 7.70. The summed E-state index contributed by atoms with van der Waals surface area (Å²) < 4.78 is 1.10. The van der Waals surface area contributed by atoms with E-state index in [4.69, 9.17) is 4.84 Å². The van der Waals surface area contributed by atoms with E-state index in [1.165, 1.54) is 12.3 Å². The van der Waals surface area contributed by atoms with Crippen molar-refractivity contribution in [1.82, 2.24) is 4.73 Å². The van der Waals surface area contributed by atoms with E-state index in [0.717, 1.165) is 21.4 Å². The van der Waals surface area contributed by atoms with Gasteiger partial charge in [-0.3, -0.25) is 9.59 Å². The van der Waals surface area contributed by atoms with Crippen LogP contribution >= 0.6 is 0 Å². The van der Waals surface area contributed by atoms with Gasteiger partial charge < -0.3 is 10.2 Å². The molecule has 0 atom stereocenters. The second-order valence-electron chi connectivity index (χ2n) is 6.08. The highest BCUT2D eigenvalue weighted by Crippen LogP contribution is 2.11. The summed E-state index contributed by atoms with van der Waals surface area (Å²) in [6, 6.07) is 18.2. The van der Waals surface area contributed by atoms with Gasteiger partial charge in [0, 0.05) is 11.9 Å². The summed E-state index contributed by atoms with van der Waals surface area (Å²) in [5.74, 6) is -0.467. The fourth-order valence-corrected chi connectivity index (χ4v) is 2.56. The molecule has 3 rings (SSSR count). The average Bonchev–Trinajstić information content (AvgIpc) is 2.64. The molecule has 0 saturated carbocycles. The van der Waals surface area contributed by atoms with E-state index in [9.17, 15) is 9.59 Å². The molecular weight excluding hydrogens is 328 g/mol. The number of aromatic nitrogens is 1. The van der Waals surface area contributed by atoms with E-state index in [1.807, 2.05) is 50.2 Å². The molecule has 1 heterocycles. The highest BCUT2D eigenvalue weighted by molar-refractivity contribution is 6.03. The van der Waals surface area contributed by atoms with E-state index in [2.05, 4.69) is 5.32 Å². The molecule has 0 saturated heterocycles. The van der Waals surface area contributed by atoms with Crippen molar-refractivity contribution in [3.63, 3.8) is 0 Å². The third kappa shape index (κ3) is 4.00. The van der Waals surface area contributed by atoms with Crippen LogP contribution in [0.25, 0.3) is 0 Å². The topological polar surface area (TPSA) is 60.3 Å². The number of aryl methyl sites for hydroxylation is 2. The molecule has 5 nitrogen and oxygen atoms in total. The zero-order valence-electron chi connectivity index (χ0n) is 14.7. The lowest BCUT2D eigenvalue weighted by atomic mass is 10.1. The number of benzene rings is 2. The maximum Gasteiger partial charge on any atom is 0.295 e. The molecule has 1 N–H and O–H groups in total. The summed E-state index contributed by atoms with van der Waals surface area (Å²) in [7, 11) is 0. The lowest BCUT2D eigenvalue weighted by Crippen LogP contribution is -2.32. The van der Waals surface area contributed by atoms with E-state index in [-0.39, 0.29) is 12.2 Å². The van der Waals surface area contributed by atoms with Crippen molar-refractivity contribution in [3.8, 4) is 0 Å². The second-order valence-corrected chi connectivity index (χ2v) is 6.08. The van der Waals surface area contributed by atoms with Gasteiger partial charge in [0.15, 0.2) is 0 Å². The van der Waals surface area contributed by atoms with Crippen molar-refractivity contribution >= 4 is 11.6 Å². The summed E-state index contributed by atoms with van der Waals surface area (Å²) >= 11 is 0. The van der Waals surface area contributed by atoms with Crippen LogP contribution in [0.3, 0.4) is 0 Å². The number of para-hydroxylation sites is 1. The smallest absolute Gasteiger partial charge is 0.295 e. The molecule has 1 amide bonds. The van der Waals surface area contributed by atoms with Gasteiger partial charge in [-0.2, -0.15) is 4.73 Å². The predicted molar refractivity (Wildman–Crippen MR) is 101 cm³/mol. The van der Waals surface area contributed by atoms with E-state index in [1.54, 1.807) is 18.2 Å². The van der Waals surface area contributed by atoms with Crippen molar-refractivity contribution in [1.29, 1.82) is 0 Å². The molecule has 0 bridgehead atoms. The van der Waals surface area contributed by atoms with Crippen LogP contribution < -0.4 is 15.7 Å². The standard InChI is InChI=1S/C21H20N2O3/c1-15-10-11-16(2)17(13-15)14-26-23-12-6-9-19(21(23)25)20(24)22-18-7-4-3-5-8-18/h3-13H,14H2,1-2H3,(H,22,24). The number of rotatable bonds is 5. The number of amides is 1. The van der Waals surface area contributed by atoms with Crippen molar-refractivity contribution in [3.05, 3.63) is 99.5 Å². The van der Waals surface area contributed by atoms with Gasteiger partial charge in [-0.25, -0.2) is 0 Å². The predicted octanol–water partition coefficient (Wildman–Crippen LogP) is 3.35. The van der Waals surface area contributed by atoms with Gasteiger partial charge in [0.25, 0.3) is 11.5 Å². The number of anilines is 1. The monoisotopic (exact) mass is 348 g/mol. The molecule has 0 spiro atoms. The van der Waals surface area contributed by atoms with E-state index in [0.29, 0.717) is 5.69 Å². The van der Waals surface area contributed by atoms with Crippen molar-refractivity contribution in [2.75, 3.05) is 5.32 Å². The van der Waals surface area contributed by atoms with Crippen LogP contribution in [0.15, 0.2) is 71.7 Å². The summed E-state index contributed by atoms with van der Waals surface area (Å²) in [4.78, 5) is 30.6. The minimum atomic E-state index is -0.494. The molecule has 0 aliphatic carbocycles. The first-order chi connectivity index (χ1) is 12.5. The van der Waals surface area contributed by atoms with Crippen molar-refractivity contribution < 1.29 is 9.63 Å². The molecule has 0 radical (unpaired) electrons. The zero-order valence-corrected chi connectivity index (χ0v) is 14.7. The fourth-order valence-electron chi connectivity index (χ4n) is 2.56. The summed E-state index contributed by atoms with van der Waals surface area (Å²) in [5.41, 5.74) is 3.36. The minimum absolute atomic E-state index is 0.0253. The van der Waals surface area contributed by atoms with Crippen LogP contribution in [0.2, 0.25) is 0 Å². The molecular formula is C21H20N2O3. The van der Waals surface area contributed by atoms with E-state index >= 15 is 0 Å². The molecule has 5 heteroatoms. The molecule has 3 aromatic rings. The quantitative estimate of drug-likeness (QED) is 0.769. The first-order valence-corrected chi connectivity index (χ1v) is 8.32. The van der Waals surface area contributed by atoms with Gasteiger partial charge in [0.2, 0.25) is 0 Å². The molecule has 1 aromatic heterocycles. The summed E-state index contributed by atoms with van der Waals surface area (Å²) in [6.45, 7) is 4.24. The maximum atomic E-state index is 12.6. The van der Waals surface area contributed by atoms with Crippen LogP contribution in [0.1, 0.15) is 27.0 Å². The van der Waals surface area contributed by atoms with Crippen LogP contribution in [-0.2, 0) is 6.61 Å². The Kier molecular flexibility index (Phi) is 5.17. The Balaban J connectivity index is 1.78. The lowest BCUT2D eigenvalue weighted by molar-refractivity contribution is 0.0860. The highest BCUT2D eigenvalue weighted by atomic mass is 16.7. The Hall–Kier alpha value is -3.34. The summed E-state index contributed by atoms with van der Waals surface area (Å²) in [6.07, 6.45) is 1.51. The molecule has 132 valence electrons. The van der Waals surface area contributed by atoms with Gasteiger partial charge >= 0.3 is 0 Å². The number of nitrogens with one attached hydrogen (secondary N) is 1. The molecule has 26 heavy (non-hydrogen) atoms. The van der Waals surface area contributed by atoms with Crippen molar-refractivity contribution in [2.45, 2.75) is 20.5 Å². The number of carbonyl (C=O) groups excluding carboxylic acids is 1. The van der Waals surface area contributed by atoms with Gasteiger partial charge in [-0.05, 0) is 49.2 Å². The number of carbonyl (C=O) groups is 1. The normalized spacial score (nSPS) is 10.4. The molecule has 0 aliphatic heterocycles. The van der Waals surface area contributed by atoms with Crippen LogP contribution in [0, 0.1) is 13.8 Å². The van der Waals surface area contributed by atoms with E-state index < -0.39 is 11.5 Å². The first-order valence-electron chi connectivity index (χ1n) is 8.32. The fraction of sp³-hybridized carbons (Fsp3) is 0.143. The largest absolute Gasteiger partial charge is 0.406 e. The zero-order chi connectivity index (χ0) is 18.5. The molecule has 0 aliphatic rings. The van der Waals surface area contributed by atoms with Crippen LogP contribution in [0.5, 0.6) is 0 Å². The minimum Gasteiger partial charge on any atom is -0.406 e. The van der Waals surface area contributed by atoms with Crippen molar-refractivity contribution in [2.24, 2.45) is 0 Å². The van der Waals surface area contributed by atoms with Gasteiger partial charge in [0.1, 0.15) is 12.2 Å². The lowest BCUT2D eigenvalue weighted by Gasteiger charge is -2.12. The van der Waals surface area contributed by atoms with Gasteiger partial charge in [-0.15, -0.1) is 0 Å². The number of hydrogen-bond donors (Lipinski definition) is 1. The number of hydrogen-bond acceptors (Lipinski definition) is 3. The molecule has 2 aromatic carbocycles. The number of pyridine rings is 1.